The van der Waals surface area contributed by atoms with Crippen molar-refractivity contribution < 1.29 is 14.4 Å². The minimum absolute atomic E-state index is 0.0823. The van der Waals surface area contributed by atoms with Crippen LogP contribution in [0.5, 0.6) is 5.75 Å². The molecule has 15 heteroatoms. The number of rotatable bonds is 12. The average Bonchev–Trinajstić information content (AvgIpc) is 3.59. The monoisotopic (exact) mass is 697 g/mol. The topological polar surface area (TPSA) is 180 Å². The number of ether oxygens (including phenoxy) is 1. The van der Waals surface area contributed by atoms with Gasteiger partial charge in [-0.15, -0.1) is 0 Å². The van der Waals surface area contributed by atoms with E-state index in [1.54, 1.807) is 52.3 Å². The Morgan fingerprint density at radius 3 is 2.52 bits per heavy atom. The van der Waals surface area contributed by atoms with Crippen molar-refractivity contribution in [2.24, 2.45) is 0 Å². The molecule has 3 aromatic heterocycles. The second-order valence-corrected chi connectivity index (χ2v) is 16.3. The molecule has 50 heavy (non-hydrogen) atoms. The van der Waals surface area contributed by atoms with Gasteiger partial charge in [0.25, 0.3) is 0 Å². The molecule has 0 aliphatic carbocycles. The fourth-order valence-corrected chi connectivity index (χ4v) is 7.74. The van der Waals surface area contributed by atoms with Gasteiger partial charge in [-0.2, -0.15) is 9.97 Å². The number of aliphatic hydroxyl groups excluding tert-OH is 1. The van der Waals surface area contributed by atoms with Crippen molar-refractivity contribution in [1.29, 1.82) is 5.41 Å². The number of methoxy groups -OCH3 is 1. The Kier molecular flexibility index (Phi) is 9.79. The quantitative estimate of drug-likeness (QED) is 0.0780. The van der Waals surface area contributed by atoms with Crippen LogP contribution in [0, 0.1) is 5.41 Å². The zero-order valence-electron chi connectivity index (χ0n) is 29.2. The van der Waals surface area contributed by atoms with E-state index < -0.39 is 7.14 Å². The zero-order valence-corrected chi connectivity index (χ0v) is 30.1. The van der Waals surface area contributed by atoms with Crippen LogP contribution in [0.15, 0.2) is 55.1 Å². The van der Waals surface area contributed by atoms with Crippen molar-refractivity contribution >= 4 is 75.1 Å². The van der Waals surface area contributed by atoms with Crippen LogP contribution in [0.2, 0.25) is 0 Å². The van der Waals surface area contributed by atoms with E-state index >= 15 is 0 Å². The molecule has 1 fully saturated rings. The van der Waals surface area contributed by atoms with E-state index in [0.29, 0.717) is 56.4 Å². The van der Waals surface area contributed by atoms with E-state index in [1.807, 2.05) is 30.3 Å². The first-order valence-corrected chi connectivity index (χ1v) is 19.0. The van der Waals surface area contributed by atoms with Gasteiger partial charge in [-0.05, 0) is 51.4 Å². The molecule has 1 aliphatic rings. The van der Waals surface area contributed by atoms with Gasteiger partial charge < -0.3 is 45.7 Å². The summed E-state index contributed by atoms with van der Waals surface area (Å²) in [5.74, 6) is 1.38. The van der Waals surface area contributed by atoms with Gasteiger partial charge in [-0.1, -0.05) is 0 Å². The molecular weight excluding hydrogens is 653 g/mol. The third-order valence-electron chi connectivity index (χ3n) is 9.02. The predicted molar refractivity (Wildman–Crippen MR) is 203 cm³/mol. The summed E-state index contributed by atoms with van der Waals surface area (Å²) in [6.07, 6.45) is 8.13. The number of anilines is 5. The number of nitrogens with zero attached hydrogens (tertiary/aromatic N) is 6. The smallest absolute Gasteiger partial charge is 0.231 e. The molecule has 4 heterocycles. The Morgan fingerprint density at radius 1 is 1.08 bits per heavy atom. The molecule has 0 unspecified atom stereocenters. The van der Waals surface area contributed by atoms with Crippen LogP contribution in [0.3, 0.4) is 0 Å². The summed E-state index contributed by atoms with van der Waals surface area (Å²) in [7, 11) is 0.612. The maximum atomic E-state index is 13.6. The Labute approximate surface area is 291 Å². The second-order valence-electron chi connectivity index (χ2n) is 13.2. The van der Waals surface area contributed by atoms with Gasteiger partial charge in [0, 0.05) is 92.7 Å². The fraction of sp³-hybridized carbons (Fsp3) is 0.343. The molecule has 0 saturated carbocycles. The number of aliphatic hydroxyl groups is 1. The molecule has 0 radical (unpaired) electrons. The van der Waals surface area contributed by atoms with Crippen LogP contribution in [0.1, 0.15) is 19.4 Å². The first kappa shape index (κ1) is 34.8. The summed E-state index contributed by atoms with van der Waals surface area (Å²) in [5.41, 5.74) is 5.20. The number of aromatic nitrogens is 5. The molecule has 5 aromatic rings. The molecule has 6 rings (SSSR count). The summed E-state index contributed by atoms with van der Waals surface area (Å²) in [5, 5.41) is 29.4. The molecule has 2 aromatic carbocycles. The lowest BCUT2D eigenvalue weighted by Gasteiger charge is -2.44. The van der Waals surface area contributed by atoms with Crippen LogP contribution in [-0.4, -0.2) is 107 Å². The predicted octanol–water partition coefficient (Wildman–Crippen LogP) is 4.75. The lowest BCUT2D eigenvalue weighted by molar-refractivity contribution is 0.0527. The maximum Gasteiger partial charge on any atom is 0.231 e. The first-order valence-electron chi connectivity index (χ1n) is 16.4. The Morgan fingerprint density at radius 2 is 1.84 bits per heavy atom. The van der Waals surface area contributed by atoms with Crippen molar-refractivity contribution in [2.45, 2.75) is 19.4 Å². The molecule has 1 saturated heterocycles. The standard InChI is InChI=1S/C35H44N11O3P/c1-35(2,21-47)46-15-13-45(14-16-46)28-18-29(49-4)27(17-24(28)22(19-36)20-37-3)42-34-43-32-23(9-10-40-32)33(44-34)41-26-8-7-25-30(39-12-11-38-25)31(26)50(5,6)48/h7-12,17-20,36-37,47H,13-16,21H2,1-6H3,(H3,40,41,42,43,44)/b22-20+,36-19?. The Hall–Kier alpha value is -5.04. The van der Waals surface area contributed by atoms with Crippen molar-refractivity contribution in [3.8, 4) is 5.75 Å². The minimum Gasteiger partial charge on any atom is -0.494 e. The number of piperazine rings is 1. The summed E-state index contributed by atoms with van der Waals surface area (Å²) in [4.78, 5) is 26.3. The third kappa shape index (κ3) is 6.87. The van der Waals surface area contributed by atoms with Crippen LogP contribution in [0.4, 0.5) is 28.8 Å². The number of H-pyrrole nitrogens is 1. The summed E-state index contributed by atoms with van der Waals surface area (Å²) >= 11 is 0. The van der Waals surface area contributed by atoms with E-state index in [-0.39, 0.29) is 12.1 Å². The summed E-state index contributed by atoms with van der Waals surface area (Å²) in [6.45, 7) is 10.7. The number of allylic oxidation sites excluding steroid dienone is 1. The van der Waals surface area contributed by atoms with Crippen LogP contribution < -0.4 is 30.9 Å². The zero-order chi connectivity index (χ0) is 35.6. The molecule has 0 spiro atoms. The second kappa shape index (κ2) is 14.1. The van der Waals surface area contributed by atoms with E-state index in [4.69, 9.17) is 20.1 Å². The van der Waals surface area contributed by atoms with Crippen LogP contribution in [0.25, 0.3) is 27.6 Å². The van der Waals surface area contributed by atoms with Crippen LogP contribution >= 0.6 is 7.14 Å². The van der Waals surface area contributed by atoms with Gasteiger partial charge in [-0.3, -0.25) is 14.9 Å². The number of hydrogen-bond acceptors (Lipinski definition) is 13. The fourth-order valence-electron chi connectivity index (χ4n) is 6.34. The van der Waals surface area contributed by atoms with Gasteiger partial charge in [0.05, 0.1) is 41.3 Å². The van der Waals surface area contributed by atoms with Crippen LogP contribution in [-0.2, 0) is 4.57 Å². The maximum absolute atomic E-state index is 13.6. The van der Waals surface area contributed by atoms with Gasteiger partial charge in [0.15, 0.2) is 0 Å². The molecule has 0 bridgehead atoms. The van der Waals surface area contributed by atoms with Gasteiger partial charge >= 0.3 is 0 Å². The number of fused-ring (bicyclic) bond motifs is 2. The van der Waals surface area contributed by atoms with Gasteiger partial charge in [-0.25, -0.2) is 0 Å². The number of benzene rings is 2. The normalized spacial score (nSPS) is 14.6. The SMILES string of the molecule is CN/C=C(\C=N)c1cc(Nc2nc(Nc3ccc4nccnc4c3P(C)(C)=O)c3cc[nH]c3n2)c(OC)cc1N1CCN(C(C)(C)CO)CC1. The Bertz CT molecular complexity index is 2120. The molecular formula is C35H44N11O3P. The highest BCUT2D eigenvalue weighted by Gasteiger charge is 2.31. The van der Waals surface area contributed by atoms with Crippen molar-refractivity contribution in [2.75, 3.05) is 75.8 Å². The van der Waals surface area contributed by atoms with E-state index in [9.17, 15) is 9.67 Å². The van der Waals surface area contributed by atoms with Crippen molar-refractivity contribution in [1.82, 2.24) is 35.1 Å². The molecule has 262 valence electrons. The highest BCUT2D eigenvalue weighted by atomic mass is 31.2. The number of nitrogens with one attached hydrogen (secondary N) is 5. The van der Waals surface area contributed by atoms with Gasteiger partial charge in [0.2, 0.25) is 5.95 Å². The Balaban J connectivity index is 1.40. The average molecular weight is 698 g/mol. The van der Waals surface area contributed by atoms with E-state index in [0.717, 1.165) is 42.8 Å². The highest BCUT2D eigenvalue weighted by molar-refractivity contribution is 7.71. The van der Waals surface area contributed by atoms with Gasteiger partial charge in [0.1, 0.15) is 29.9 Å². The molecule has 0 amide bonds. The number of aromatic amines is 1. The summed E-state index contributed by atoms with van der Waals surface area (Å²) < 4.78 is 19.5. The molecule has 14 nitrogen and oxygen atoms in total. The van der Waals surface area contributed by atoms with Crippen molar-refractivity contribution in [3.63, 3.8) is 0 Å². The summed E-state index contributed by atoms with van der Waals surface area (Å²) in [6, 6.07) is 9.51. The van der Waals surface area contributed by atoms with Crippen molar-refractivity contribution in [3.05, 3.63) is 60.7 Å². The third-order valence-corrected chi connectivity index (χ3v) is 10.5. The minimum atomic E-state index is -2.81. The first-order chi connectivity index (χ1) is 24.0. The van der Waals surface area contributed by atoms with E-state index in [2.05, 4.69) is 54.5 Å². The molecule has 1 aliphatic heterocycles. The largest absolute Gasteiger partial charge is 0.494 e. The lowest BCUT2D eigenvalue weighted by Crippen LogP contribution is -2.56. The molecule has 6 N–H and O–H groups in total. The number of hydrogen-bond donors (Lipinski definition) is 6. The highest BCUT2D eigenvalue weighted by Crippen LogP contribution is 2.42. The lowest BCUT2D eigenvalue weighted by atomic mass is 10.00. The molecule has 0 atom stereocenters. The van der Waals surface area contributed by atoms with E-state index in [1.165, 1.54) is 6.21 Å².